The SMILES string of the molecule is Fc1ccc(NCCOc2cccc3ccccc23)cc1. The lowest BCUT2D eigenvalue weighted by Gasteiger charge is -2.10. The minimum Gasteiger partial charge on any atom is -0.491 e. The fourth-order valence-corrected chi connectivity index (χ4v) is 2.25. The summed E-state index contributed by atoms with van der Waals surface area (Å²) in [6.45, 7) is 1.21. The van der Waals surface area contributed by atoms with Gasteiger partial charge in [-0.15, -0.1) is 0 Å². The van der Waals surface area contributed by atoms with E-state index in [0.29, 0.717) is 13.2 Å². The van der Waals surface area contributed by atoms with Crippen LogP contribution >= 0.6 is 0 Å². The lowest BCUT2D eigenvalue weighted by atomic mass is 10.1. The van der Waals surface area contributed by atoms with Gasteiger partial charge in [0.25, 0.3) is 0 Å². The first-order valence-electron chi connectivity index (χ1n) is 6.93. The lowest BCUT2D eigenvalue weighted by molar-refractivity contribution is 0.337. The van der Waals surface area contributed by atoms with Crippen molar-refractivity contribution in [2.24, 2.45) is 0 Å². The Morgan fingerprint density at radius 3 is 2.48 bits per heavy atom. The maximum Gasteiger partial charge on any atom is 0.127 e. The first-order valence-corrected chi connectivity index (χ1v) is 6.93. The smallest absolute Gasteiger partial charge is 0.127 e. The van der Waals surface area contributed by atoms with Crippen molar-refractivity contribution in [1.29, 1.82) is 0 Å². The minimum absolute atomic E-state index is 0.229. The summed E-state index contributed by atoms with van der Waals surface area (Å²) in [4.78, 5) is 0. The fourth-order valence-electron chi connectivity index (χ4n) is 2.25. The van der Waals surface area contributed by atoms with Crippen LogP contribution in [0.15, 0.2) is 66.7 Å². The van der Waals surface area contributed by atoms with Crippen molar-refractivity contribution in [2.75, 3.05) is 18.5 Å². The first-order chi connectivity index (χ1) is 10.3. The molecule has 0 aliphatic rings. The normalized spacial score (nSPS) is 10.5. The Morgan fingerprint density at radius 1 is 0.857 bits per heavy atom. The molecule has 0 aliphatic heterocycles. The number of hydrogen-bond acceptors (Lipinski definition) is 2. The number of ether oxygens (including phenoxy) is 1. The van der Waals surface area contributed by atoms with Gasteiger partial charge in [0.1, 0.15) is 18.2 Å². The average molecular weight is 281 g/mol. The summed E-state index contributed by atoms with van der Waals surface area (Å²) in [7, 11) is 0. The van der Waals surface area contributed by atoms with Crippen LogP contribution < -0.4 is 10.1 Å². The van der Waals surface area contributed by atoms with E-state index < -0.39 is 0 Å². The van der Waals surface area contributed by atoms with E-state index in [1.807, 2.05) is 24.3 Å². The number of anilines is 1. The van der Waals surface area contributed by atoms with E-state index in [1.165, 1.54) is 17.5 Å². The van der Waals surface area contributed by atoms with Crippen LogP contribution in [-0.4, -0.2) is 13.2 Å². The summed E-state index contributed by atoms with van der Waals surface area (Å²) < 4.78 is 18.6. The Balaban J connectivity index is 1.58. The number of rotatable bonds is 5. The molecule has 0 saturated heterocycles. The molecule has 0 atom stereocenters. The van der Waals surface area contributed by atoms with E-state index in [9.17, 15) is 4.39 Å². The highest BCUT2D eigenvalue weighted by Gasteiger charge is 2.00. The topological polar surface area (TPSA) is 21.3 Å². The third-order valence-electron chi connectivity index (χ3n) is 3.28. The van der Waals surface area contributed by atoms with Gasteiger partial charge in [-0.3, -0.25) is 0 Å². The van der Waals surface area contributed by atoms with Gasteiger partial charge in [0, 0.05) is 17.6 Å². The third kappa shape index (κ3) is 3.31. The van der Waals surface area contributed by atoms with Crippen LogP contribution in [0.3, 0.4) is 0 Å². The fraction of sp³-hybridized carbons (Fsp3) is 0.111. The maximum atomic E-state index is 12.8. The molecule has 0 spiro atoms. The van der Waals surface area contributed by atoms with Gasteiger partial charge in [0.15, 0.2) is 0 Å². The number of halogens is 1. The van der Waals surface area contributed by atoms with Crippen LogP contribution in [0.25, 0.3) is 10.8 Å². The van der Waals surface area contributed by atoms with Crippen LogP contribution in [0.2, 0.25) is 0 Å². The van der Waals surface area contributed by atoms with Crippen LogP contribution in [0.1, 0.15) is 0 Å². The Hall–Kier alpha value is -2.55. The van der Waals surface area contributed by atoms with E-state index in [-0.39, 0.29) is 5.82 Å². The molecule has 106 valence electrons. The Morgan fingerprint density at radius 2 is 1.62 bits per heavy atom. The number of nitrogens with one attached hydrogen (secondary N) is 1. The zero-order valence-corrected chi connectivity index (χ0v) is 11.6. The van der Waals surface area contributed by atoms with E-state index in [4.69, 9.17) is 4.74 Å². The molecule has 3 heteroatoms. The zero-order valence-electron chi connectivity index (χ0n) is 11.6. The summed E-state index contributed by atoms with van der Waals surface area (Å²) in [5.74, 6) is 0.654. The van der Waals surface area contributed by atoms with Gasteiger partial charge in [-0.05, 0) is 35.7 Å². The quantitative estimate of drug-likeness (QED) is 0.697. The Labute approximate surface area is 123 Å². The highest BCUT2D eigenvalue weighted by Crippen LogP contribution is 2.24. The van der Waals surface area contributed by atoms with Crippen LogP contribution in [0, 0.1) is 5.82 Å². The van der Waals surface area contributed by atoms with Gasteiger partial charge in [-0.1, -0.05) is 36.4 Å². The molecule has 0 unspecified atom stereocenters. The molecule has 0 aromatic heterocycles. The molecule has 21 heavy (non-hydrogen) atoms. The largest absolute Gasteiger partial charge is 0.491 e. The van der Waals surface area contributed by atoms with Crippen molar-refractivity contribution in [1.82, 2.24) is 0 Å². The molecular formula is C18H16FNO. The zero-order chi connectivity index (χ0) is 14.5. The molecule has 3 aromatic rings. The minimum atomic E-state index is -0.229. The van der Waals surface area contributed by atoms with E-state index in [0.717, 1.165) is 16.8 Å². The van der Waals surface area contributed by atoms with Gasteiger partial charge in [-0.25, -0.2) is 4.39 Å². The molecule has 0 fully saturated rings. The second-order valence-corrected chi connectivity index (χ2v) is 4.76. The van der Waals surface area contributed by atoms with E-state index in [1.54, 1.807) is 12.1 Å². The number of benzene rings is 3. The molecule has 1 N–H and O–H groups in total. The highest BCUT2D eigenvalue weighted by molar-refractivity contribution is 5.88. The van der Waals surface area contributed by atoms with Crippen LogP contribution in [0.4, 0.5) is 10.1 Å². The molecule has 0 heterocycles. The molecule has 3 rings (SSSR count). The van der Waals surface area contributed by atoms with Crippen molar-refractivity contribution >= 4 is 16.5 Å². The van der Waals surface area contributed by atoms with E-state index >= 15 is 0 Å². The number of hydrogen-bond donors (Lipinski definition) is 1. The predicted octanol–water partition coefficient (Wildman–Crippen LogP) is 4.47. The predicted molar refractivity (Wildman–Crippen MR) is 84.3 cm³/mol. The van der Waals surface area contributed by atoms with Crippen molar-refractivity contribution < 1.29 is 9.13 Å². The molecule has 0 bridgehead atoms. The molecule has 3 aromatic carbocycles. The van der Waals surface area contributed by atoms with Gasteiger partial charge < -0.3 is 10.1 Å². The third-order valence-corrected chi connectivity index (χ3v) is 3.28. The molecule has 0 amide bonds. The summed E-state index contributed by atoms with van der Waals surface area (Å²) in [6, 6.07) is 20.5. The highest BCUT2D eigenvalue weighted by atomic mass is 19.1. The molecule has 2 nitrogen and oxygen atoms in total. The Kier molecular flexibility index (Phi) is 4.01. The monoisotopic (exact) mass is 281 g/mol. The van der Waals surface area contributed by atoms with Crippen LogP contribution in [0.5, 0.6) is 5.75 Å². The van der Waals surface area contributed by atoms with Gasteiger partial charge in [0.05, 0.1) is 0 Å². The second-order valence-electron chi connectivity index (χ2n) is 4.76. The Bertz CT molecular complexity index is 719. The first kappa shape index (κ1) is 13.4. The second kappa shape index (κ2) is 6.27. The van der Waals surface area contributed by atoms with Gasteiger partial charge >= 0.3 is 0 Å². The van der Waals surface area contributed by atoms with Crippen molar-refractivity contribution in [3.8, 4) is 5.75 Å². The molecular weight excluding hydrogens is 265 g/mol. The summed E-state index contributed by atoms with van der Waals surface area (Å²) in [5, 5.41) is 5.48. The summed E-state index contributed by atoms with van der Waals surface area (Å²) in [5.41, 5.74) is 0.887. The lowest BCUT2D eigenvalue weighted by Crippen LogP contribution is -2.11. The molecule has 0 radical (unpaired) electrons. The molecule has 0 aliphatic carbocycles. The van der Waals surface area contributed by atoms with Crippen molar-refractivity contribution in [3.63, 3.8) is 0 Å². The maximum absolute atomic E-state index is 12.8. The number of fused-ring (bicyclic) bond motifs is 1. The van der Waals surface area contributed by atoms with Crippen molar-refractivity contribution in [2.45, 2.75) is 0 Å². The van der Waals surface area contributed by atoms with Crippen molar-refractivity contribution in [3.05, 3.63) is 72.5 Å². The van der Waals surface area contributed by atoms with Gasteiger partial charge in [-0.2, -0.15) is 0 Å². The van der Waals surface area contributed by atoms with E-state index in [2.05, 4.69) is 23.5 Å². The van der Waals surface area contributed by atoms with Gasteiger partial charge in [0.2, 0.25) is 0 Å². The van der Waals surface area contributed by atoms with Crippen LogP contribution in [-0.2, 0) is 0 Å². The standard InChI is InChI=1S/C18H16FNO/c19-15-8-10-16(11-9-15)20-12-13-21-18-7-3-5-14-4-1-2-6-17(14)18/h1-11,20H,12-13H2. The summed E-state index contributed by atoms with van der Waals surface area (Å²) >= 11 is 0. The average Bonchev–Trinajstić information content (AvgIpc) is 2.53. The summed E-state index contributed by atoms with van der Waals surface area (Å²) in [6.07, 6.45) is 0. The molecule has 0 saturated carbocycles.